The van der Waals surface area contributed by atoms with Crippen LogP contribution >= 0.6 is 0 Å². The maximum Gasteiger partial charge on any atom is 0.155 e. The molecule has 0 atom stereocenters. The van der Waals surface area contributed by atoms with Crippen molar-refractivity contribution in [3.8, 4) is 17.0 Å². The first-order valence-corrected chi connectivity index (χ1v) is 9.20. The number of methoxy groups -OCH3 is 1. The number of aromatic amines is 1. The molecule has 2 heterocycles. The molecule has 1 aliphatic heterocycles. The predicted molar refractivity (Wildman–Crippen MR) is 112 cm³/mol. The summed E-state index contributed by atoms with van der Waals surface area (Å²) in [5, 5.41) is 18.3. The number of rotatable bonds is 4. The van der Waals surface area contributed by atoms with Gasteiger partial charge in [-0.25, -0.2) is 9.40 Å². The highest BCUT2D eigenvalue weighted by Gasteiger charge is 2.18. The second-order valence-electron chi connectivity index (χ2n) is 6.72. The lowest BCUT2D eigenvalue weighted by Crippen LogP contribution is -2.24. The Labute approximate surface area is 166 Å². The van der Waals surface area contributed by atoms with Crippen LogP contribution in [0.2, 0.25) is 0 Å². The molecule has 144 valence electrons. The third-order valence-electron chi connectivity index (χ3n) is 4.94. The topological polar surface area (TPSA) is 65.5 Å². The fourth-order valence-electron chi connectivity index (χ4n) is 3.39. The summed E-state index contributed by atoms with van der Waals surface area (Å²) in [7, 11) is 1.65. The third-order valence-corrected chi connectivity index (χ3v) is 4.94. The van der Waals surface area contributed by atoms with Gasteiger partial charge < -0.3 is 10.1 Å². The van der Waals surface area contributed by atoms with Gasteiger partial charge in [-0.3, -0.25) is 5.10 Å². The van der Waals surface area contributed by atoms with Gasteiger partial charge in [-0.15, -0.1) is 0 Å². The van der Waals surface area contributed by atoms with Crippen LogP contribution < -0.4 is 15.1 Å². The molecule has 0 saturated heterocycles. The van der Waals surface area contributed by atoms with E-state index in [1.165, 1.54) is 12.1 Å². The van der Waals surface area contributed by atoms with Crippen LogP contribution in [0.4, 0.5) is 10.1 Å². The first-order chi connectivity index (χ1) is 14.2. The van der Waals surface area contributed by atoms with E-state index in [1.807, 2.05) is 47.5 Å². The number of hydrogen-bond donors (Lipinski definition) is 2. The van der Waals surface area contributed by atoms with E-state index in [4.69, 9.17) is 9.84 Å². The molecule has 5 rings (SSSR count). The minimum atomic E-state index is -0.266. The van der Waals surface area contributed by atoms with Crippen LogP contribution in [0.5, 0.6) is 5.75 Å². The van der Waals surface area contributed by atoms with Crippen molar-refractivity contribution in [2.75, 3.05) is 18.8 Å². The highest BCUT2D eigenvalue weighted by Crippen LogP contribution is 2.30. The summed E-state index contributed by atoms with van der Waals surface area (Å²) in [5.74, 6) is 1.35. The van der Waals surface area contributed by atoms with Gasteiger partial charge in [0.25, 0.3) is 0 Å². The number of hydrazone groups is 1. The molecule has 29 heavy (non-hydrogen) atoms. The zero-order valence-corrected chi connectivity index (χ0v) is 15.7. The first kappa shape index (κ1) is 17.2. The molecule has 0 amide bonds. The average Bonchev–Trinajstić information content (AvgIpc) is 3.41. The number of aromatic nitrogens is 2. The van der Waals surface area contributed by atoms with Gasteiger partial charge in [-0.1, -0.05) is 0 Å². The van der Waals surface area contributed by atoms with E-state index in [9.17, 15) is 4.39 Å². The number of ether oxygens (including phenoxy) is 1. The molecule has 4 aromatic rings. The van der Waals surface area contributed by atoms with Crippen LogP contribution in [-0.2, 0) is 0 Å². The van der Waals surface area contributed by atoms with Crippen molar-refractivity contribution < 1.29 is 9.13 Å². The number of fused-ring (bicyclic) bond motifs is 1. The minimum Gasteiger partial charge on any atom is -0.497 e. The predicted octanol–water partition coefficient (Wildman–Crippen LogP) is 4.11. The van der Waals surface area contributed by atoms with Crippen molar-refractivity contribution in [2.45, 2.75) is 0 Å². The summed E-state index contributed by atoms with van der Waals surface area (Å²) in [4.78, 5) is 0. The van der Waals surface area contributed by atoms with Gasteiger partial charge in [0.15, 0.2) is 5.84 Å². The summed E-state index contributed by atoms with van der Waals surface area (Å²) in [5.41, 5.74) is 4.49. The van der Waals surface area contributed by atoms with Crippen LogP contribution in [0.25, 0.3) is 22.2 Å². The van der Waals surface area contributed by atoms with Crippen molar-refractivity contribution in [1.29, 1.82) is 0 Å². The smallest absolute Gasteiger partial charge is 0.155 e. The van der Waals surface area contributed by atoms with E-state index in [0.29, 0.717) is 6.67 Å². The summed E-state index contributed by atoms with van der Waals surface area (Å²) in [6, 6.07) is 20.1. The number of anilines is 1. The fourth-order valence-corrected chi connectivity index (χ4v) is 3.39. The number of nitrogens with one attached hydrogen (secondary N) is 2. The van der Waals surface area contributed by atoms with Crippen LogP contribution in [0, 0.1) is 5.82 Å². The number of hydrogen-bond acceptors (Lipinski definition) is 5. The summed E-state index contributed by atoms with van der Waals surface area (Å²) < 4.78 is 18.5. The molecule has 0 spiro atoms. The molecule has 1 aliphatic rings. The Balaban J connectivity index is 1.48. The van der Waals surface area contributed by atoms with Crippen molar-refractivity contribution in [3.05, 3.63) is 78.1 Å². The standard InChI is InChI=1S/C22H18FN5O/c1-29-18-9-4-15(5-10-18)22-24-13-28(27-22)17-8-11-20-19(12-17)21(26-25-20)14-2-6-16(23)7-3-14/h2-12H,13H2,1H3,(H,24,27)(H,25,26). The Kier molecular flexibility index (Phi) is 4.13. The molecule has 1 aromatic heterocycles. The highest BCUT2D eigenvalue weighted by atomic mass is 19.1. The Hall–Kier alpha value is -3.87. The van der Waals surface area contributed by atoms with Crippen molar-refractivity contribution in [3.63, 3.8) is 0 Å². The molecule has 6 nitrogen and oxygen atoms in total. The fraction of sp³-hybridized carbons (Fsp3) is 0.0909. The molecule has 3 aromatic carbocycles. The molecule has 0 unspecified atom stereocenters. The Morgan fingerprint density at radius 2 is 1.72 bits per heavy atom. The molecule has 0 saturated carbocycles. The molecule has 0 fully saturated rings. The Bertz CT molecular complexity index is 1200. The van der Waals surface area contributed by atoms with Gasteiger partial charge in [0.2, 0.25) is 0 Å². The molecular weight excluding hydrogens is 369 g/mol. The van der Waals surface area contributed by atoms with Crippen LogP contribution in [0.1, 0.15) is 5.56 Å². The Morgan fingerprint density at radius 1 is 0.966 bits per heavy atom. The number of halogens is 1. The molecule has 0 bridgehead atoms. The van der Waals surface area contributed by atoms with Gasteiger partial charge in [-0.2, -0.15) is 10.2 Å². The van der Waals surface area contributed by atoms with Gasteiger partial charge in [0.05, 0.1) is 24.0 Å². The lowest BCUT2D eigenvalue weighted by Gasteiger charge is -2.12. The normalized spacial score (nSPS) is 13.4. The second kappa shape index (κ2) is 6.94. The summed E-state index contributed by atoms with van der Waals surface area (Å²) in [6.07, 6.45) is 0. The van der Waals surface area contributed by atoms with Gasteiger partial charge in [0.1, 0.15) is 18.2 Å². The van der Waals surface area contributed by atoms with Gasteiger partial charge in [0, 0.05) is 16.5 Å². The van der Waals surface area contributed by atoms with E-state index < -0.39 is 0 Å². The van der Waals surface area contributed by atoms with Gasteiger partial charge >= 0.3 is 0 Å². The first-order valence-electron chi connectivity index (χ1n) is 9.20. The number of amidine groups is 1. The zero-order chi connectivity index (χ0) is 19.8. The van der Waals surface area contributed by atoms with E-state index in [2.05, 4.69) is 15.5 Å². The second-order valence-corrected chi connectivity index (χ2v) is 6.72. The molecule has 0 aliphatic carbocycles. The van der Waals surface area contributed by atoms with Crippen LogP contribution in [-0.4, -0.2) is 29.8 Å². The molecular formula is C22H18FN5O. The minimum absolute atomic E-state index is 0.266. The monoisotopic (exact) mass is 387 g/mol. The van der Waals surface area contributed by atoms with E-state index in [0.717, 1.165) is 45.0 Å². The SMILES string of the molecule is COc1ccc(C2=NN(c3ccc4[nH]nc(-c5ccc(F)cc5)c4c3)CN2)cc1. The van der Waals surface area contributed by atoms with E-state index in [-0.39, 0.29) is 5.82 Å². The largest absolute Gasteiger partial charge is 0.497 e. The zero-order valence-electron chi connectivity index (χ0n) is 15.7. The summed E-state index contributed by atoms with van der Waals surface area (Å²) in [6.45, 7) is 0.566. The number of benzene rings is 3. The van der Waals surface area contributed by atoms with Crippen LogP contribution in [0.15, 0.2) is 71.8 Å². The highest BCUT2D eigenvalue weighted by molar-refractivity contribution is 6.01. The molecule has 2 N–H and O–H groups in total. The number of H-pyrrole nitrogens is 1. The molecule has 7 heteroatoms. The quantitative estimate of drug-likeness (QED) is 0.553. The van der Waals surface area contributed by atoms with E-state index in [1.54, 1.807) is 19.2 Å². The number of nitrogens with zero attached hydrogens (tertiary/aromatic N) is 3. The van der Waals surface area contributed by atoms with Crippen molar-refractivity contribution in [1.82, 2.24) is 15.5 Å². The van der Waals surface area contributed by atoms with Crippen molar-refractivity contribution in [2.24, 2.45) is 5.10 Å². The lowest BCUT2D eigenvalue weighted by molar-refractivity contribution is 0.415. The van der Waals surface area contributed by atoms with E-state index >= 15 is 0 Å². The van der Waals surface area contributed by atoms with Gasteiger partial charge in [-0.05, 0) is 66.7 Å². The lowest BCUT2D eigenvalue weighted by atomic mass is 10.1. The Morgan fingerprint density at radius 3 is 2.48 bits per heavy atom. The maximum atomic E-state index is 13.3. The molecule has 0 radical (unpaired) electrons. The maximum absolute atomic E-state index is 13.3. The third kappa shape index (κ3) is 3.16. The summed E-state index contributed by atoms with van der Waals surface area (Å²) >= 11 is 0. The van der Waals surface area contributed by atoms with Crippen molar-refractivity contribution >= 4 is 22.4 Å². The average molecular weight is 387 g/mol. The van der Waals surface area contributed by atoms with Crippen LogP contribution in [0.3, 0.4) is 0 Å².